The minimum Gasteiger partial charge on any atom is -0.383 e. The largest absolute Gasteiger partial charge is 0.383 e. The third-order valence-corrected chi connectivity index (χ3v) is 2.47. The number of aryl methyl sites for hydroxylation is 1. The van der Waals surface area contributed by atoms with Crippen LogP contribution >= 0.6 is 0 Å². The van der Waals surface area contributed by atoms with Gasteiger partial charge in [0.05, 0.1) is 12.6 Å². The van der Waals surface area contributed by atoms with Crippen LogP contribution in [0.2, 0.25) is 0 Å². The average Bonchev–Trinajstić information content (AvgIpc) is 2.26. The molecule has 0 aliphatic heterocycles. The van der Waals surface area contributed by atoms with Gasteiger partial charge in [0.1, 0.15) is 0 Å². The van der Waals surface area contributed by atoms with E-state index in [1.54, 1.807) is 7.11 Å². The lowest BCUT2D eigenvalue weighted by Crippen LogP contribution is -2.20. The molecule has 14 heavy (non-hydrogen) atoms. The van der Waals surface area contributed by atoms with Crippen molar-refractivity contribution in [2.45, 2.75) is 19.4 Å². The van der Waals surface area contributed by atoms with E-state index in [0.717, 1.165) is 6.42 Å². The van der Waals surface area contributed by atoms with Gasteiger partial charge in [-0.2, -0.15) is 0 Å². The van der Waals surface area contributed by atoms with E-state index in [4.69, 9.17) is 4.74 Å². The minimum atomic E-state index is 0.297. The highest BCUT2D eigenvalue weighted by Gasteiger charge is 2.07. The molecule has 0 aliphatic carbocycles. The summed E-state index contributed by atoms with van der Waals surface area (Å²) in [5, 5.41) is 3.23. The second-order valence-electron chi connectivity index (χ2n) is 3.39. The van der Waals surface area contributed by atoms with Crippen LogP contribution in [0.15, 0.2) is 24.3 Å². The molecule has 0 radical (unpaired) electrons. The van der Waals surface area contributed by atoms with E-state index in [1.807, 2.05) is 7.05 Å². The third-order valence-electron chi connectivity index (χ3n) is 2.47. The van der Waals surface area contributed by atoms with Crippen LogP contribution < -0.4 is 5.32 Å². The van der Waals surface area contributed by atoms with Crippen molar-refractivity contribution in [3.63, 3.8) is 0 Å². The zero-order chi connectivity index (χ0) is 10.4. The van der Waals surface area contributed by atoms with Crippen molar-refractivity contribution >= 4 is 0 Å². The molecule has 1 rings (SSSR count). The van der Waals surface area contributed by atoms with Crippen molar-refractivity contribution in [3.8, 4) is 0 Å². The summed E-state index contributed by atoms with van der Waals surface area (Å²) in [6.07, 6.45) is 1.09. The van der Waals surface area contributed by atoms with Crippen LogP contribution in [0, 0.1) is 0 Å². The Morgan fingerprint density at radius 3 is 2.36 bits per heavy atom. The first-order valence-corrected chi connectivity index (χ1v) is 5.06. The number of hydrogen-bond acceptors (Lipinski definition) is 2. The Bertz CT molecular complexity index is 256. The maximum Gasteiger partial charge on any atom is 0.0657 e. The molecular formula is C12H19NO. The summed E-state index contributed by atoms with van der Waals surface area (Å²) in [5.41, 5.74) is 2.66. The fraction of sp³-hybridized carbons (Fsp3) is 0.500. The van der Waals surface area contributed by atoms with E-state index in [0.29, 0.717) is 12.6 Å². The van der Waals surface area contributed by atoms with Gasteiger partial charge in [0.2, 0.25) is 0 Å². The Hall–Kier alpha value is -0.860. The van der Waals surface area contributed by atoms with Gasteiger partial charge < -0.3 is 10.1 Å². The van der Waals surface area contributed by atoms with Crippen LogP contribution in [0.25, 0.3) is 0 Å². The molecule has 0 amide bonds. The SMILES string of the molecule is CCc1ccc(C(COC)NC)cc1. The molecule has 78 valence electrons. The van der Waals surface area contributed by atoms with Gasteiger partial charge in [-0.15, -0.1) is 0 Å². The summed E-state index contributed by atoms with van der Waals surface area (Å²) in [5.74, 6) is 0. The van der Waals surface area contributed by atoms with Gasteiger partial charge >= 0.3 is 0 Å². The Morgan fingerprint density at radius 1 is 1.29 bits per heavy atom. The van der Waals surface area contributed by atoms with Crippen molar-refractivity contribution in [2.24, 2.45) is 0 Å². The lowest BCUT2D eigenvalue weighted by atomic mass is 10.0. The molecular weight excluding hydrogens is 174 g/mol. The molecule has 1 atom stereocenters. The second kappa shape index (κ2) is 5.78. The van der Waals surface area contributed by atoms with Crippen LogP contribution in [0.4, 0.5) is 0 Å². The van der Waals surface area contributed by atoms with Gasteiger partial charge in [0, 0.05) is 7.11 Å². The number of methoxy groups -OCH3 is 1. The zero-order valence-corrected chi connectivity index (χ0v) is 9.21. The number of benzene rings is 1. The van der Waals surface area contributed by atoms with Crippen molar-refractivity contribution in [2.75, 3.05) is 20.8 Å². The molecule has 1 aromatic carbocycles. The number of nitrogens with one attached hydrogen (secondary N) is 1. The molecule has 2 heteroatoms. The van der Waals surface area contributed by atoms with E-state index in [1.165, 1.54) is 11.1 Å². The fourth-order valence-corrected chi connectivity index (χ4v) is 1.50. The average molecular weight is 193 g/mol. The summed E-state index contributed by atoms with van der Waals surface area (Å²) in [7, 11) is 3.68. The van der Waals surface area contributed by atoms with Gasteiger partial charge in [-0.1, -0.05) is 31.2 Å². The molecule has 0 fully saturated rings. The maximum absolute atomic E-state index is 5.14. The topological polar surface area (TPSA) is 21.3 Å². The van der Waals surface area contributed by atoms with Gasteiger partial charge in [-0.25, -0.2) is 0 Å². The van der Waals surface area contributed by atoms with Crippen molar-refractivity contribution in [1.82, 2.24) is 5.32 Å². The Balaban J connectivity index is 2.73. The van der Waals surface area contributed by atoms with Gasteiger partial charge in [0.25, 0.3) is 0 Å². The smallest absolute Gasteiger partial charge is 0.0657 e. The molecule has 0 saturated carbocycles. The Kier molecular flexibility index (Phi) is 4.63. The van der Waals surface area contributed by atoms with E-state index in [-0.39, 0.29) is 0 Å². The van der Waals surface area contributed by atoms with E-state index in [2.05, 4.69) is 36.5 Å². The quantitative estimate of drug-likeness (QED) is 0.773. The summed E-state index contributed by atoms with van der Waals surface area (Å²) in [4.78, 5) is 0. The van der Waals surface area contributed by atoms with Crippen LogP contribution in [0.3, 0.4) is 0 Å². The van der Waals surface area contributed by atoms with Crippen molar-refractivity contribution < 1.29 is 4.74 Å². The van der Waals surface area contributed by atoms with Gasteiger partial charge in [0.15, 0.2) is 0 Å². The monoisotopic (exact) mass is 193 g/mol. The number of ether oxygens (including phenoxy) is 1. The van der Waals surface area contributed by atoms with Crippen molar-refractivity contribution in [1.29, 1.82) is 0 Å². The van der Waals surface area contributed by atoms with E-state index in [9.17, 15) is 0 Å². The van der Waals surface area contributed by atoms with Crippen LogP contribution in [0.5, 0.6) is 0 Å². The first-order chi connectivity index (χ1) is 6.81. The summed E-state index contributed by atoms with van der Waals surface area (Å²) in [6.45, 7) is 2.88. The van der Waals surface area contributed by atoms with Gasteiger partial charge in [-0.05, 0) is 24.6 Å². The van der Waals surface area contributed by atoms with Gasteiger partial charge in [-0.3, -0.25) is 0 Å². The highest BCUT2D eigenvalue weighted by atomic mass is 16.5. The predicted octanol–water partition coefficient (Wildman–Crippen LogP) is 2.16. The standard InChI is InChI=1S/C12H19NO/c1-4-10-5-7-11(8-6-10)12(13-2)9-14-3/h5-8,12-13H,4,9H2,1-3H3. The molecule has 0 saturated heterocycles. The molecule has 0 bridgehead atoms. The molecule has 1 unspecified atom stereocenters. The number of hydrogen-bond donors (Lipinski definition) is 1. The molecule has 1 N–H and O–H groups in total. The molecule has 0 aromatic heterocycles. The fourth-order valence-electron chi connectivity index (χ4n) is 1.50. The van der Waals surface area contributed by atoms with E-state index >= 15 is 0 Å². The maximum atomic E-state index is 5.14. The predicted molar refractivity (Wildman–Crippen MR) is 59.5 cm³/mol. The highest BCUT2D eigenvalue weighted by molar-refractivity contribution is 5.25. The summed E-state index contributed by atoms with van der Waals surface area (Å²) in [6, 6.07) is 8.98. The molecule has 0 aliphatic rings. The van der Waals surface area contributed by atoms with E-state index < -0.39 is 0 Å². The van der Waals surface area contributed by atoms with Crippen molar-refractivity contribution in [3.05, 3.63) is 35.4 Å². The highest BCUT2D eigenvalue weighted by Crippen LogP contribution is 2.14. The number of likely N-dealkylation sites (N-methyl/N-ethyl adjacent to an activating group) is 1. The first-order valence-electron chi connectivity index (χ1n) is 5.06. The molecule has 0 spiro atoms. The second-order valence-corrected chi connectivity index (χ2v) is 3.39. The Labute approximate surface area is 86.3 Å². The number of rotatable bonds is 5. The zero-order valence-electron chi connectivity index (χ0n) is 9.21. The summed E-state index contributed by atoms with van der Waals surface area (Å²) >= 11 is 0. The first kappa shape index (κ1) is 11.2. The Morgan fingerprint density at radius 2 is 1.93 bits per heavy atom. The minimum absolute atomic E-state index is 0.297. The van der Waals surface area contributed by atoms with Crippen LogP contribution in [0.1, 0.15) is 24.1 Å². The normalized spacial score (nSPS) is 12.8. The van der Waals surface area contributed by atoms with Crippen LogP contribution in [-0.4, -0.2) is 20.8 Å². The lowest BCUT2D eigenvalue weighted by Gasteiger charge is -2.15. The molecule has 0 heterocycles. The van der Waals surface area contributed by atoms with Crippen LogP contribution in [-0.2, 0) is 11.2 Å². The lowest BCUT2D eigenvalue weighted by molar-refractivity contribution is 0.170. The third kappa shape index (κ3) is 2.82. The summed E-state index contributed by atoms with van der Waals surface area (Å²) < 4.78 is 5.14. The molecule has 1 aromatic rings. The molecule has 2 nitrogen and oxygen atoms in total.